The smallest absolute Gasteiger partial charge is 0.344 e. The number of unbranched alkanes of at least 4 members (excludes halogenated alkanes) is 3. The number of carboxylic acid groups (broad SMARTS) is 3. The quantitative estimate of drug-likeness (QED) is 0.128. The van der Waals surface area contributed by atoms with Crippen molar-refractivity contribution in [1.82, 2.24) is 0 Å². The molecule has 1 aromatic rings. The van der Waals surface area contributed by atoms with Gasteiger partial charge < -0.3 is 39.7 Å². The van der Waals surface area contributed by atoms with Crippen molar-refractivity contribution < 1.29 is 58.9 Å². The lowest BCUT2D eigenvalue weighted by atomic mass is 9.74. The van der Waals surface area contributed by atoms with Gasteiger partial charge in [0.15, 0.2) is 6.10 Å². The maximum absolute atomic E-state index is 12.9. The molecule has 2 heterocycles. The van der Waals surface area contributed by atoms with Crippen LogP contribution >= 0.6 is 0 Å². The molecular weight excluding hydrogens is 564 g/mol. The molecule has 0 aliphatic carbocycles. The molecule has 2 saturated heterocycles. The van der Waals surface area contributed by atoms with Crippen molar-refractivity contribution in [3.05, 3.63) is 35.9 Å². The largest absolute Gasteiger partial charge is 0.479 e. The third-order valence-electron chi connectivity index (χ3n) is 8.79. The molecule has 8 atom stereocenters. The van der Waals surface area contributed by atoms with Crippen molar-refractivity contribution in [3.63, 3.8) is 0 Å². The van der Waals surface area contributed by atoms with E-state index in [4.69, 9.17) is 14.2 Å². The van der Waals surface area contributed by atoms with E-state index in [0.717, 1.165) is 37.7 Å². The second-order valence-corrected chi connectivity index (χ2v) is 12.0. The number of fused-ring (bicyclic) bond motifs is 2. The Labute approximate surface area is 251 Å². The molecule has 0 spiro atoms. The molecule has 2 aliphatic heterocycles. The van der Waals surface area contributed by atoms with Crippen LogP contribution in [-0.2, 0) is 39.8 Å². The van der Waals surface area contributed by atoms with Gasteiger partial charge in [0, 0.05) is 12.8 Å². The molecule has 240 valence electrons. The minimum absolute atomic E-state index is 0.115. The van der Waals surface area contributed by atoms with E-state index in [9.17, 15) is 44.7 Å². The number of aryl methyl sites for hydroxylation is 1. The molecule has 0 aromatic heterocycles. The molecule has 2 fully saturated rings. The molecule has 1 aromatic carbocycles. The lowest BCUT2D eigenvalue weighted by Gasteiger charge is -2.48. The first-order valence-corrected chi connectivity index (χ1v) is 15.0. The zero-order chi connectivity index (χ0) is 32.0. The summed E-state index contributed by atoms with van der Waals surface area (Å²) < 4.78 is 16.5. The Balaban J connectivity index is 1.83. The number of carbonyl (C=O) groups is 4. The van der Waals surface area contributed by atoms with Gasteiger partial charge in [-0.2, -0.15) is 0 Å². The van der Waals surface area contributed by atoms with Crippen LogP contribution in [0.2, 0.25) is 0 Å². The maximum atomic E-state index is 12.9. The average Bonchev–Trinajstić information content (AvgIpc) is 3.17. The lowest BCUT2D eigenvalue weighted by molar-refractivity contribution is -0.374. The number of esters is 1. The Morgan fingerprint density at radius 3 is 2.19 bits per heavy atom. The van der Waals surface area contributed by atoms with Crippen molar-refractivity contribution in [2.75, 3.05) is 0 Å². The van der Waals surface area contributed by atoms with Crippen molar-refractivity contribution in [2.24, 2.45) is 11.8 Å². The van der Waals surface area contributed by atoms with Crippen molar-refractivity contribution in [1.29, 1.82) is 0 Å². The zero-order valence-corrected chi connectivity index (χ0v) is 24.9. The van der Waals surface area contributed by atoms with Gasteiger partial charge in [0.25, 0.3) is 0 Å². The summed E-state index contributed by atoms with van der Waals surface area (Å²) in [5.74, 6) is -9.16. The topological polar surface area (TPSA) is 197 Å². The van der Waals surface area contributed by atoms with Crippen LogP contribution in [0.1, 0.15) is 84.1 Å². The van der Waals surface area contributed by atoms with E-state index >= 15 is 0 Å². The fraction of sp³-hybridized carbons (Fsp3) is 0.677. The molecule has 5 N–H and O–H groups in total. The summed E-state index contributed by atoms with van der Waals surface area (Å²) >= 11 is 0. The summed E-state index contributed by atoms with van der Waals surface area (Å²) in [5, 5.41) is 52.8. The fourth-order valence-corrected chi connectivity index (χ4v) is 6.18. The van der Waals surface area contributed by atoms with Crippen molar-refractivity contribution in [2.45, 2.75) is 120 Å². The highest BCUT2D eigenvalue weighted by Gasteiger charge is 2.85. The highest BCUT2D eigenvalue weighted by molar-refractivity contribution is 5.98. The summed E-state index contributed by atoms with van der Waals surface area (Å²) in [6, 6.07) is 9.82. The molecule has 12 heteroatoms. The first-order chi connectivity index (χ1) is 20.2. The summed E-state index contributed by atoms with van der Waals surface area (Å²) in [6.45, 7) is 6.07. The first-order valence-electron chi connectivity index (χ1n) is 15.0. The van der Waals surface area contributed by atoms with E-state index < -0.39 is 59.2 Å². The summed E-state index contributed by atoms with van der Waals surface area (Å²) in [4.78, 5) is 50.3. The molecule has 12 nitrogen and oxygen atoms in total. The number of rotatable bonds is 17. The SMILES string of the molecule is CC[C@H](C)C[C@H](C)CCC(=O)O[C@@H]1[C@@H](O)C2(CCCCCCc3ccccc3)OC(C(=O)O)C(O)(C(=O)O)C1(C(=O)O)O2. The molecule has 0 saturated carbocycles. The standard InChI is InChI=1S/C31H44O12/c1-4-19(2)18-20(3)15-16-22(32)41-24-23(33)29(17-11-6-5-8-12-21-13-9-7-10-14-21)42-25(26(34)35)30(40,27(36)37)31(24,43-29)28(38)39/h7,9-10,13-14,19-20,23-25,33,40H,4-6,8,11-12,15-18H2,1-3H3,(H,34,35)(H,36,37)(H,38,39)/t19-,20+,23+,24+,25?,29?,30?,31?/m0/s1. The van der Waals surface area contributed by atoms with Crippen LogP contribution in [0.4, 0.5) is 0 Å². The maximum Gasteiger partial charge on any atom is 0.344 e. The number of carbonyl (C=O) groups excluding carboxylic acids is 1. The highest BCUT2D eigenvalue weighted by atomic mass is 16.8. The van der Waals surface area contributed by atoms with Crippen LogP contribution < -0.4 is 0 Å². The summed E-state index contributed by atoms with van der Waals surface area (Å²) in [6.07, 6.45) is -2.07. The Bertz CT molecular complexity index is 1140. The van der Waals surface area contributed by atoms with Crippen LogP contribution in [0.3, 0.4) is 0 Å². The van der Waals surface area contributed by atoms with E-state index in [1.807, 2.05) is 44.2 Å². The molecule has 2 bridgehead atoms. The van der Waals surface area contributed by atoms with E-state index in [1.54, 1.807) is 0 Å². The lowest BCUT2D eigenvalue weighted by Crippen LogP contribution is -2.78. The molecule has 0 radical (unpaired) electrons. The highest BCUT2D eigenvalue weighted by Crippen LogP contribution is 2.55. The van der Waals surface area contributed by atoms with E-state index in [-0.39, 0.29) is 25.2 Å². The van der Waals surface area contributed by atoms with Gasteiger partial charge in [0.2, 0.25) is 23.1 Å². The number of aliphatic hydroxyl groups excluding tert-OH is 1. The normalized spacial score (nSPS) is 31.2. The molecule has 3 rings (SSSR count). The zero-order valence-electron chi connectivity index (χ0n) is 24.9. The minimum atomic E-state index is -3.75. The third kappa shape index (κ3) is 6.87. The van der Waals surface area contributed by atoms with E-state index in [0.29, 0.717) is 18.8 Å². The average molecular weight is 609 g/mol. The van der Waals surface area contributed by atoms with Crippen molar-refractivity contribution >= 4 is 23.9 Å². The molecular formula is C31H44O12. The van der Waals surface area contributed by atoms with Crippen molar-refractivity contribution in [3.8, 4) is 0 Å². The monoisotopic (exact) mass is 608 g/mol. The minimum Gasteiger partial charge on any atom is -0.479 e. The van der Waals surface area contributed by atoms with Crippen LogP contribution in [0.5, 0.6) is 0 Å². The number of hydrogen-bond acceptors (Lipinski definition) is 9. The predicted octanol–water partition coefficient (Wildman–Crippen LogP) is 3.15. The number of aliphatic carboxylic acids is 3. The Morgan fingerprint density at radius 1 is 0.953 bits per heavy atom. The van der Waals surface area contributed by atoms with Crippen LogP contribution in [0, 0.1) is 11.8 Å². The van der Waals surface area contributed by atoms with Crippen LogP contribution in [0.25, 0.3) is 0 Å². The van der Waals surface area contributed by atoms with E-state index in [2.05, 4.69) is 6.92 Å². The predicted molar refractivity (Wildman–Crippen MR) is 151 cm³/mol. The fourth-order valence-electron chi connectivity index (χ4n) is 6.18. The number of ether oxygens (including phenoxy) is 3. The molecule has 2 aliphatic rings. The van der Waals surface area contributed by atoms with Gasteiger partial charge in [-0.1, -0.05) is 70.4 Å². The Kier molecular flexibility index (Phi) is 11.3. The molecule has 4 unspecified atom stereocenters. The number of carboxylic acids is 3. The van der Waals surface area contributed by atoms with Gasteiger partial charge in [-0.3, -0.25) is 4.79 Å². The number of aliphatic hydroxyl groups is 2. The molecule has 43 heavy (non-hydrogen) atoms. The van der Waals surface area contributed by atoms with Gasteiger partial charge in [-0.25, -0.2) is 14.4 Å². The Morgan fingerprint density at radius 2 is 1.60 bits per heavy atom. The summed E-state index contributed by atoms with van der Waals surface area (Å²) in [7, 11) is 0. The van der Waals surface area contributed by atoms with Gasteiger partial charge in [0.05, 0.1) is 0 Å². The number of benzene rings is 1. The van der Waals surface area contributed by atoms with Gasteiger partial charge in [-0.15, -0.1) is 0 Å². The Hall–Kier alpha value is -3.06. The van der Waals surface area contributed by atoms with Crippen LogP contribution in [-0.4, -0.2) is 84.7 Å². The second kappa shape index (κ2) is 14.1. The van der Waals surface area contributed by atoms with E-state index in [1.165, 1.54) is 0 Å². The van der Waals surface area contributed by atoms with Gasteiger partial charge >= 0.3 is 23.9 Å². The van der Waals surface area contributed by atoms with Gasteiger partial charge in [0.1, 0.15) is 6.10 Å². The van der Waals surface area contributed by atoms with Gasteiger partial charge in [-0.05, 0) is 49.5 Å². The first kappa shape index (κ1) is 34.4. The number of hydrogen-bond donors (Lipinski definition) is 5. The second-order valence-electron chi connectivity index (χ2n) is 12.0. The third-order valence-corrected chi connectivity index (χ3v) is 8.79. The van der Waals surface area contributed by atoms with Crippen LogP contribution in [0.15, 0.2) is 30.3 Å². The summed E-state index contributed by atoms with van der Waals surface area (Å²) in [5.41, 5.74) is -5.96. The molecule has 0 amide bonds.